The Morgan fingerprint density at radius 3 is 2.11 bits per heavy atom. The number of esters is 2. The van der Waals surface area contributed by atoms with Crippen molar-refractivity contribution in [3.63, 3.8) is 0 Å². The quantitative estimate of drug-likeness (QED) is 0.0606. The van der Waals surface area contributed by atoms with Gasteiger partial charge in [-0.1, -0.05) is 66.7 Å². The maximum absolute atomic E-state index is 13.5. The molecule has 56 heavy (non-hydrogen) atoms. The predicted octanol–water partition coefficient (Wildman–Crippen LogP) is 9.02. The molecule has 1 N–H and O–H groups in total. The zero-order chi connectivity index (χ0) is 40.1. The van der Waals surface area contributed by atoms with Gasteiger partial charge in [-0.2, -0.15) is 13.2 Å². The van der Waals surface area contributed by atoms with Gasteiger partial charge in [0.05, 0.1) is 42.2 Å². The van der Waals surface area contributed by atoms with E-state index in [0.717, 1.165) is 23.3 Å². The second-order valence-corrected chi connectivity index (χ2v) is 13.0. The monoisotopic (exact) mass is 766 g/mol. The largest absolute Gasteiger partial charge is 0.462 e. The van der Waals surface area contributed by atoms with Crippen LogP contribution in [-0.2, 0) is 33.5 Å². The van der Waals surface area contributed by atoms with Crippen LogP contribution in [0.15, 0.2) is 121 Å². The zero-order valence-electron chi connectivity index (χ0n) is 30.9. The number of aryl methyl sites for hydroxylation is 1. The summed E-state index contributed by atoms with van der Waals surface area (Å²) in [5.74, 6) is -1.60. The molecule has 5 aromatic rings. The number of halogens is 3. The van der Waals surface area contributed by atoms with Crippen molar-refractivity contribution in [2.45, 2.75) is 38.5 Å². The first-order chi connectivity index (χ1) is 26.9. The summed E-state index contributed by atoms with van der Waals surface area (Å²) in [5.41, 5.74) is 2.87. The Hall–Kier alpha value is -6.27. The third kappa shape index (κ3) is 11.6. The average Bonchev–Trinajstić information content (AvgIpc) is 3.19. The molecule has 0 bridgehead atoms. The van der Waals surface area contributed by atoms with Gasteiger partial charge in [0.15, 0.2) is 0 Å². The first kappa shape index (κ1) is 40.9. The van der Waals surface area contributed by atoms with E-state index in [9.17, 15) is 32.3 Å². The molecule has 0 aliphatic carbocycles. The number of nitrogens with zero attached hydrogens (tertiary/aromatic N) is 1. The van der Waals surface area contributed by atoms with E-state index in [-0.39, 0.29) is 41.5 Å². The zero-order valence-corrected chi connectivity index (χ0v) is 30.9. The van der Waals surface area contributed by atoms with Crippen LogP contribution < -0.4 is 10.1 Å². The van der Waals surface area contributed by atoms with E-state index in [1.165, 1.54) is 41.3 Å². The Balaban J connectivity index is 1.12. The normalized spacial score (nSPS) is 11.1. The van der Waals surface area contributed by atoms with Crippen molar-refractivity contribution in [2.75, 3.05) is 32.6 Å². The number of benzene rings is 5. The van der Waals surface area contributed by atoms with E-state index in [0.29, 0.717) is 49.2 Å². The van der Waals surface area contributed by atoms with Crippen molar-refractivity contribution < 1.29 is 46.6 Å². The SMILES string of the molecule is CN(C)C(=O)c1cc(CCCC(=O)Oc2ccc(C(=O)OCCCOCc3ccccc3)cc2)ccc1NC(=O)c1ccccc1-c1ccc(C(F)(F)F)cc1. The lowest BCUT2D eigenvalue weighted by Gasteiger charge is -2.17. The highest BCUT2D eigenvalue weighted by Gasteiger charge is 2.30. The highest BCUT2D eigenvalue weighted by atomic mass is 19.4. The van der Waals surface area contributed by atoms with Crippen LogP contribution in [-0.4, -0.2) is 56.0 Å². The number of nitrogens with one attached hydrogen (secondary N) is 1. The summed E-state index contributed by atoms with van der Waals surface area (Å²) in [6, 6.07) is 31.9. The van der Waals surface area contributed by atoms with Gasteiger partial charge in [-0.05, 0) is 89.7 Å². The molecule has 0 aliphatic rings. The fourth-order valence-electron chi connectivity index (χ4n) is 5.69. The van der Waals surface area contributed by atoms with Crippen LogP contribution in [0.1, 0.15) is 67.0 Å². The van der Waals surface area contributed by atoms with Crippen molar-refractivity contribution in [2.24, 2.45) is 0 Å². The number of alkyl halides is 3. The van der Waals surface area contributed by atoms with Crippen LogP contribution in [0.2, 0.25) is 0 Å². The molecule has 5 aromatic carbocycles. The Morgan fingerprint density at radius 2 is 1.41 bits per heavy atom. The summed E-state index contributed by atoms with van der Waals surface area (Å²) < 4.78 is 55.7. The van der Waals surface area contributed by atoms with Crippen molar-refractivity contribution >= 4 is 29.4 Å². The Labute approximate surface area is 323 Å². The topological polar surface area (TPSA) is 111 Å². The van der Waals surface area contributed by atoms with Gasteiger partial charge in [-0.15, -0.1) is 0 Å². The van der Waals surface area contributed by atoms with E-state index < -0.39 is 29.6 Å². The maximum Gasteiger partial charge on any atom is 0.416 e. The number of amides is 2. The maximum atomic E-state index is 13.5. The molecule has 0 aromatic heterocycles. The Morgan fingerprint density at radius 1 is 0.714 bits per heavy atom. The minimum absolute atomic E-state index is 0.0757. The lowest BCUT2D eigenvalue weighted by molar-refractivity contribution is -0.137. The molecule has 0 saturated carbocycles. The first-order valence-corrected chi connectivity index (χ1v) is 17.9. The molecule has 0 aliphatic heterocycles. The van der Waals surface area contributed by atoms with Crippen LogP contribution in [0.25, 0.3) is 11.1 Å². The van der Waals surface area contributed by atoms with Crippen molar-refractivity contribution in [1.82, 2.24) is 4.90 Å². The van der Waals surface area contributed by atoms with E-state index in [1.54, 1.807) is 56.6 Å². The highest BCUT2D eigenvalue weighted by molar-refractivity contribution is 6.11. The van der Waals surface area contributed by atoms with Gasteiger partial charge in [0.25, 0.3) is 11.8 Å². The first-order valence-electron chi connectivity index (χ1n) is 17.9. The van der Waals surface area contributed by atoms with Crippen LogP contribution in [0.5, 0.6) is 5.75 Å². The third-order valence-electron chi connectivity index (χ3n) is 8.61. The van der Waals surface area contributed by atoms with Crippen molar-refractivity contribution in [1.29, 1.82) is 0 Å². The second kappa shape index (κ2) is 19.4. The van der Waals surface area contributed by atoms with Crippen LogP contribution in [0.4, 0.5) is 18.9 Å². The number of hydrogen-bond donors (Lipinski definition) is 1. The average molecular weight is 767 g/mol. The van der Waals surface area contributed by atoms with Crippen LogP contribution >= 0.6 is 0 Å². The number of carbonyl (C=O) groups is 4. The van der Waals surface area contributed by atoms with Gasteiger partial charge < -0.3 is 24.4 Å². The lowest BCUT2D eigenvalue weighted by Crippen LogP contribution is -2.24. The number of ether oxygens (including phenoxy) is 3. The van der Waals surface area contributed by atoms with Gasteiger partial charge in [0.1, 0.15) is 5.75 Å². The molecule has 0 unspecified atom stereocenters. The highest BCUT2D eigenvalue weighted by Crippen LogP contribution is 2.32. The summed E-state index contributed by atoms with van der Waals surface area (Å²) in [6.07, 6.45) is -3.04. The molecule has 2 amide bonds. The Kier molecular flexibility index (Phi) is 14.1. The standard InChI is InChI=1S/C44H41F3N2O7/c1-49(2)42(52)38-28-30(16-25-39(38)48-41(51)37-14-7-6-13-36(37)32-17-21-34(22-18-32)44(45,46)47)12-8-15-40(50)56-35-23-19-33(20-24-35)43(53)55-27-9-26-54-29-31-10-4-3-5-11-31/h3-7,10-11,13-14,16-25,28H,8-9,12,15,26-27,29H2,1-2H3,(H,48,51). The van der Waals surface area contributed by atoms with E-state index in [4.69, 9.17) is 14.2 Å². The summed E-state index contributed by atoms with van der Waals surface area (Å²) in [7, 11) is 3.16. The minimum atomic E-state index is -4.49. The number of rotatable bonds is 16. The van der Waals surface area contributed by atoms with Crippen molar-refractivity contribution in [3.8, 4) is 16.9 Å². The molecule has 0 spiro atoms. The lowest BCUT2D eigenvalue weighted by atomic mass is 9.97. The van der Waals surface area contributed by atoms with E-state index in [1.807, 2.05) is 30.3 Å². The fourth-order valence-corrected chi connectivity index (χ4v) is 5.69. The molecular formula is C44H41F3N2O7. The predicted molar refractivity (Wildman–Crippen MR) is 205 cm³/mol. The molecule has 0 heterocycles. The summed E-state index contributed by atoms with van der Waals surface area (Å²) in [4.78, 5) is 53.1. The minimum Gasteiger partial charge on any atom is -0.462 e. The van der Waals surface area contributed by atoms with E-state index >= 15 is 0 Å². The molecule has 5 rings (SSSR count). The molecule has 0 atom stereocenters. The van der Waals surface area contributed by atoms with Gasteiger partial charge in [0.2, 0.25) is 0 Å². The molecule has 0 fully saturated rings. The van der Waals surface area contributed by atoms with Crippen molar-refractivity contribution in [3.05, 3.63) is 155 Å². The second-order valence-electron chi connectivity index (χ2n) is 13.0. The summed E-state index contributed by atoms with van der Waals surface area (Å²) >= 11 is 0. The smallest absolute Gasteiger partial charge is 0.416 e. The number of anilines is 1. The molecule has 0 saturated heterocycles. The molecule has 0 radical (unpaired) electrons. The van der Waals surface area contributed by atoms with Gasteiger partial charge in [-0.25, -0.2) is 4.79 Å². The number of carbonyl (C=O) groups excluding carboxylic acids is 4. The summed E-state index contributed by atoms with van der Waals surface area (Å²) in [6.45, 7) is 1.14. The van der Waals surface area contributed by atoms with Gasteiger partial charge in [0, 0.05) is 32.5 Å². The molecule has 12 heteroatoms. The fraction of sp³-hybridized carbons (Fsp3) is 0.227. The van der Waals surface area contributed by atoms with Gasteiger partial charge in [-0.3, -0.25) is 14.4 Å². The van der Waals surface area contributed by atoms with Gasteiger partial charge >= 0.3 is 18.1 Å². The summed E-state index contributed by atoms with van der Waals surface area (Å²) in [5, 5.41) is 2.80. The molecule has 290 valence electrons. The Bertz CT molecular complexity index is 2120. The molecular weight excluding hydrogens is 725 g/mol. The van der Waals surface area contributed by atoms with E-state index in [2.05, 4.69) is 5.32 Å². The molecule has 9 nitrogen and oxygen atoms in total. The third-order valence-corrected chi connectivity index (χ3v) is 8.61. The van der Waals surface area contributed by atoms with Crippen LogP contribution in [0, 0.1) is 0 Å². The van der Waals surface area contributed by atoms with Crippen LogP contribution in [0.3, 0.4) is 0 Å². The number of hydrogen-bond acceptors (Lipinski definition) is 7.